The Balaban J connectivity index is 2.83. The summed E-state index contributed by atoms with van der Waals surface area (Å²) in [7, 11) is 0.323. The standard InChI is InChI=1S/C6H6BrP/c7-8-6-4-2-1-3-5-6/h1-5,8H/p+1. The summed E-state index contributed by atoms with van der Waals surface area (Å²) in [5.74, 6) is 0. The van der Waals surface area contributed by atoms with E-state index in [1.54, 1.807) is 0 Å². The minimum atomic E-state index is 0.323. The Morgan fingerprint density at radius 3 is 2.12 bits per heavy atom. The van der Waals surface area contributed by atoms with Gasteiger partial charge in [-0.15, -0.1) is 0 Å². The van der Waals surface area contributed by atoms with Gasteiger partial charge in [0.05, 0.1) is 7.28 Å². The van der Waals surface area contributed by atoms with Crippen molar-refractivity contribution in [2.45, 2.75) is 0 Å². The van der Waals surface area contributed by atoms with Crippen molar-refractivity contribution in [2.75, 3.05) is 0 Å². The molecule has 1 unspecified atom stereocenters. The molecule has 42 valence electrons. The second kappa shape index (κ2) is 3.21. The second-order valence-electron chi connectivity index (χ2n) is 1.52. The van der Waals surface area contributed by atoms with E-state index in [4.69, 9.17) is 0 Å². The van der Waals surface area contributed by atoms with Crippen LogP contribution in [0.25, 0.3) is 0 Å². The lowest BCUT2D eigenvalue weighted by Gasteiger charge is -1.81. The monoisotopic (exact) mass is 189 g/mol. The highest BCUT2D eigenvalue weighted by Crippen LogP contribution is 2.17. The Kier molecular flexibility index (Phi) is 2.51. The zero-order valence-electron chi connectivity index (χ0n) is 4.34. The fourth-order valence-electron chi connectivity index (χ4n) is 0.526. The number of benzene rings is 1. The lowest BCUT2D eigenvalue weighted by molar-refractivity contribution is 1.78. The van der Waals surface area contributed by atoms with E-state index in [2.05, 4.69) is 39.8 Å². The van der Waals surface area contributed by atoms with E-state index in [-0.39, 0.29) is 0 Å². The molecule has 0 saturated heterocycles. The molecule has 0 N–H and O–H groups in total. The SMILES string of the molecule is Br[PH2+]c1ccccc1. The Hall–Kier alpha value is 0.130. The van der Waals surface area contributed by atoms with Gasteiger partial charge in [0.15, 0.2) is 0 Å². The highest BCUT2D eigenvalue weighted by Gasteiger charge is 1.89. The maximum absolute atomic E-state index is 3.44. The van der Waals surface area contributed by atoms with E-state index in [9.17, 15) is 0 Å². The van der Waals surface area contributed by atoms with Gasteiger partial charge in [-0.25, -0.2) is 0 Å². The summed E-state index contributed by atoms with van der Waals surface area (Å²) in [6.45, 7) is 0. The zero-order chi connectivity index (χ0) is 5.82. The molecule has 1 aromatic carbocycles. The molecule has 1 atom stereocenters. The molecule has 0 amide bonds. The first-order valence-electron chi connectivity index (χ1n) is 2.42. The van der Waals surface area contributed by atoms with Crippen LogP contribution in [0.3, 0.4) is 0 Å². The predicted molar refractivity (Wildman–Crippen MR) is 44.7 cm³/mol. The average molecular weight is 190 g/mol. The second-order valence-corrected chi connectivity index (χ2v) is 3.78. The van der Waals surface area contributed by atoms with Gasteiger partial charge in [-0.1, -0.05) is 18.2 Å². The molecule has 1 rings (SSSR count). The molecule has 0 aliphatic heterocycles. The van der Waals surface area contributed by atoms with Crippen LogP contribution in [0, 0.1) is 0 Å². The minimum absolute atomic E-state index is 0.323. The van der Waals surface area contributed by atoms with Crippen LogP contribution in [0.5, 0.6) is 0 Å². The minimum Gasteiger partial charge on any atom is -0.0620 e. The molecule has 1 aromatic rings. The van der Waals surface area contributed by atoms with Gasteiger partial charge in [0.2, 0.25) is 0 Å². The summed E-state index contributed by atoms with van der Waals surface area (Å²) in [4.78, 5) is 0. The van der Waals surface area contributed by atoms with Crippen LogP contribution in [0.2, 0.25) is 0 Å². The fraction of sp³-hybridized carbons (Fsp3) is 0. The number of rotatable bonds is 1. The smallest absolute Gasteiger partial charge is 0.0620 e. The number of hydrogen-bond donors (Lipinski definition) is 0. The molecule has 0 radical (unpaired) electrons. The summed E-state index contributed by atoms with van der Waals surface area (Å²) in [5, 5.41) is 1.41. The molecule has 0 spiro atoms. The van der Waals surface area contributed by atoms with Gasteiger partial charge < -0.3 is 0 Å². The van der Waals surface area contributed by atoms with Crippen LogP contribution in [0.4, 0.5) is 0 Å². The van der Waals surface area contributed by atoms with Gasteiger partial charge in [-0.05, 0) is 12.1 Å². The highest BCUT2D eigenvalue weighted by molar-refractivity contribution is 9.37. The van der Waals surface area contributed by atoms with Crippen molar-refractivity contribution >= 4 is 28.1 Å². The topological polar surface area (TPSA) is 0 Å². The molecule has 0 fully saturated rings. The van der Waals surface area contributed by atoms with E-state index in [1.165, 1.54) is 5.30 Å². The lowest BCUT2D eigenvalue weighted by atomic mass is 10.4. The molecule has 0 aliphatic carbocycles. The van der Waals surface area contributed by atoms with Gasteiger partial charge in [0.25, 0.3) is 0 Å². The highest BCUT2D eigenvalue weighted by atomic mass is 79.9. The van der Waals surface area contributed by atoms with Crippen molar-refractivity contribution in [3.8, 4) is 0 Å². The van der Waals surface area contributed by atoms with Crippen LogP contribution in [-0.2, 0) is 0 Å². The fourth-order valence-corrected chi connectivity index (χ4v) is 1.81. The van der Waals surface area contributed by atoms with Crippen LogP contribution < -0.4 is 5.30 Å². The molecular formula is C6H7BrP+. The molecule has 0 saturated carbocycles. The molecule has 0 heterocycles. The van der Waals surface area contributed by atoms with Crippen molar-refractivity contribution in [1.29, 1.82) is 0 Å². The molecule has 8 heavy (non-hydrogen) atoms. The van der Waals surface area contributed by atoms with Crippen LogP contribution in [0.1, 0.15) is 0 Å². The van der Waals surface area contributed by atoms with Crippen LogP contribution in [0.15, 0.2) is 30.3 Å². The number of hydrogen-bond acceptors (Lipinski definition) is 0. The van der Waals surface area contributed by atoms with E-state index in [0.717, 1.165) is 0 Å². The van der Waals surface area contributed by atoms with Crippen molar-refractivity contribution in [3.05, 3.63) is 30.3 Å². The van der Waals surface area contributed by atoms with E-state index in [0.29, 0.717) is 7.28 Å². The van der Waals surface area contributed by atoms with Crippen LogP contribution >= 0.6 is 22.8 Å². The molecule has 0 bridgehead atoms. The Bertz CT molecular complexity index is 150. The first-order chi connectivity index (χ1) is 3.93. The quantitative estimate of drug-likeness (QED) is 0.594. The maximum atomic E-state index is 3.44. The zero-order valence-corrected chi connectivity index (χ0v) is 7.08. The molecule has 2 heteroatoms. The predicted octanol–water partition coefficient (Wildman–Crippen LogP) is 2.03. The molecule has 0 aliphatic rings. The Morgan fingerprint density at radius 1 is 1.12 bits per heavy atom. The summed E-state index contributed by atoms with van der Waals surface area (Å²) in [6, 6.07) is 10.4. The van der Waals surface area contributed by atoms with Crippen molar-refractivity contribution < 1.29 is 0 Å². The van der Waals surface area contributed by atoms with Gasteiger partial charge in [-0.2, -0.15) is 0 Å². The Labute approximate surface area is 58.8 Å². The third-order valence-electron chi connectivity index (χ3n) is 0.926. The van der Waals surface area contributed by atoms with Crippen molar-refractivity contribution in [3.63, 3.8) is 0 Å². The summed E-state index contributed by atoms with van der Waals surface area (Å²) in [5.41, 5.74) is 0. The lowest BCUT2D eigenvalue weighted by Crippen LogP contribution is -1.85. The summed E-state index contributed by atoms with van der Waals surface area (Å²) < 4.78 is 0. The summed E-state index contributed by atoms with van der Waals surface area (Å²) in [6.07, 6.45) is 0. The van der Waals surface area contributed by atoms with Gasteiger partial charge in [0, 0.05) is 0 Å². The Morgan fingerprint density at radius 2 is 1.75 bits per heavy atom. The van der Waals surface area contributed by atoms with E-state index >= 15 is 0 Å². The van der Waals surface area contributed by atoms with Crippen molar-refractivity contribution in [1.82, 2.24) is 0 Å². The third-order valence-corrected chi connectivity index (χ3v) is 3.15. The third kappa shape index (κ3) is 1.57. The normalized spacial score (nSPS) is 10.6. The molecular weight excluding hydrogens is 183 g/mol. The van der Waals surface area contributed by atoms with E-state index in [1.807, 2.05) is 6.07 Å². The van der Waals surface area contributed by atoms with Crippen molar-refractivity contribution in [2.24, 2.45) is 0 Å². The average Bonchev–Trinajstić information content (AvgIpc) is 1.90. The van der Waals surface area contributed by atoms with E-state index < -0.39 is 0 Å². The van der Waals surface area contributed by atoms with Crippen LogP contribution in [-0.4, -0.2) is 0 Å². The maximum Gasteiger partial charge on any atom is 0.139 e. The first kappa shape index (κ1) is 6.25. The summed E-state index contributed by atoms with van der Waals surface area (Å²) >= 11 is 3.44. The first-order valence-corrected chi connectivity index (χ1v) is 6.18. The number of halogens is 1. The van der Waals surface area contributed by atoms with Gasteiger partial charge >= 0.3 is 0 Å². The van der Waals surface area contributed by atoms with Gasteiger partial charge in [0.1, 0.15) is 20.8 Å². The molecule has 0 aromatic heterocycles. The largest absolute Gasteiger partial charge is 0.139 e. The molecule has 0 nitrogen and oxygen atoms in total. The van der Waals surface area contributed by atoms with Gasteiger partial charge in [-0.3, -0.25) is 0 Å².